The average Bonchev–Trinajstić information content (AvgIpc) is 2.65. The minimum Gasteiger partial charge on any atom is -0.351 e. The van der Waals surface area contributed by atoms with Crippen molar-refractivity contribution in [2.24, 2.45) is 10.3 Å². The molecule has 0 saturated carbocycles. The normalized spacial score (nSPS) is 10.8. The predicted octanol–water partition coefficient (Wildman–Crippen LogP) is 4.59. The number of nitrogens with zero attached hydrogens (tertiary/aromatic N) is 2. The molecule has 0 aliphatic carbocycles. The molecule has 0 aliphatic rings. The van der Waals surface area contributed by atoms with Crippen LogP contribution in [0.5, 0.6) is 0 Å². The summed E-state index contributed by atoms with van der Waals surface area (Å²) in [6.45, 7) is 3.36. The zero-order valence-electron chi connectivity index (χ0n) is 14.1. The van der Waals surface area contributed by atoms with E-state index < -0.39 is 0 Å². The van der Waals surface area contributed by atoms with Crippen molar-refractivity contribution in [1.82, 2.24) is 5.32 Å². The van der Waals surface area contributed by atoms with E-state index in [4.69, 9.17) is 0 Å². The fourth-order valence-corrected chi connectivity index (χ4v) is 3.62. The molecular weight excluding hydrogens is 352 g/mol. The van der Waals surface area contributed by atoms with E-state index >= 15 is 0 Å². The zero-order chi connectivity index (χ0) is 17.7. The van der Waals surface area contributed by atoms with Crippen LogP contribution in [0.3, 0.4) is 0 Å². The molecular formula is C18H22N4OS2. The molecule has 2 aromatic carbocycles. The van der Waals surface area contributed by atoms with Crippen molar-refractivity contribution in [2.75, 3.05) is 30.0 Å². The second-order valence-electron chi connectivity index (χ2n) is 5.21. The van der Waals surface area contributed by atoms with Crippen LogP contribution in [0.15, 0.2) is 64.9 Å². The number of hydrogen-bond donors (Lipinski definition) is 2. The first-order valence-corrected chi connectivity index (χ1v) is 10.5. The molecule has 25 heavy (non-hydrogen) atoms. The van der Waals surface area contributed by atoms with Gasteiger partial charge in [-0.25, -0.2) is 0 Å². The van der Waals surface area contributed by atoms with E-state index in [-0.39, 0.29) is 5.91 Å². The number of carbonyl (C=O) groups excluding carboxylic acids is 1. The summed E-state index contributed by atoms with van der Waals surface area (Å²) in [5, 5.41) is 10.9. The molecule has 0 bridgehead atoms. The van der Waals surface area contributed by atoms with Crippen LogP contribution in [0.4, 0.5) is 5.69 Å². The van der Waals surface area contributed by atoms with E-state index in [1.165, 1.54) is 5.56 Å². The molecule has 2 aromatic rings. The van der Waals surface area contributed by atoms with Gasteiger partial charge in [0, 0.05) is 23.6 Å². The van der Waals surface area contributed by atoms with Crippen LogP contribution in [0.25, 0.3) is 0 Å². The van der Waals surface area contributed by atoms with Gasteiger partial charge < -0.3 is 5.32 Å². The molecule has 0 atom stereocenters. The summed E-state index contributed by atoms with van der Waals surface area (Å²) in [6, 6.07) is 17.3. The molecule has 132 valence electrons. The van der Waals surface area contributed by atoms with E-state index in [1.54, 1.807) is 21.6 Å². The Balaban J connectivity index is 1.46. The van der Waals surface area contributed by atoms with Crippen molar-refractivity contribution in [3.8, 4) is 0 Å². The van der Waals surface area contributed by atoms with Crippen molar-refractivity contribution in [3.05, 3.63) is 65.7 Å². The Kier molecular flexibility index (Phi) is 8.93. The summed E-state index contributed by atoms with van der Waals surface area (Å²) >= 11 is 0. The highest BCUT2D eigenvalue weighted by molar-refractivity contribution is 8.76. The number of amides is 1. The third-order valence-corrected chi connectivity index (χ3v) is 5.55. The lowest BCUT2D eigenvalue weighted by Crippen LogP contribution is -2.25. The molecule has 0 spiro atoms. The number of aryl methyl sites for hydroxylation is 1. The van der Waals surface area contributed by atoms with Crippen LogP contribution >= 0.6 is 21.6 Å². The standard InChI is InChI=1S/C18H22N4OS2/c1-15-7-9-17(10-8-15)21-22-20-12-14-25-24-13-11-19-18(23)16-5-3-2-4-6-16/h2-10H,11-14H2,1H3,(H,19,23)(H,20,21). The number of hydrogen-bond acceptors (Lipinski definition) is 5. The quantitative estimate of drug-likeness (QED) is 0.276. The minimum atomic E-state index is -0.0258. The first-order valence-electron chi connectivity index (χ1n) is 8.02. The topological polar surface area (TPSA) is 65.8 Å². The largest absolute Gasteiger partial charge is 0.351 e. The van der Waals surface area contributed by atoms with Crippen LogP contribution in [0, 0.1) is 6.92 Å². The maximum atomic E-state index is 11.8. The van der Waals surface area contributed by atoms with Gasteiger partial charge in [0.25, 0.3) is 5.91 Å². The molecule has 0 heterocycles. The van der Waals surface area contributed by atoms with Crippen molar-refractivity contribution in [3.63, 3.8) is 0 Å². The molecule has 5 nitrogen and oxygen atoms in total. The van der Waals surface area contributed by atoms with Gasteiger partial charge in [0.05, 0.1) is 12.2 Å². The van der Waals surface area contributed by atoms with E-state index in [0.717, 1.165) is 17.2 Å². The van der Waals surface area contributed by atoms with Gasteiger partial charge in [-0.2, -0.15) is 5.11 Å². The highest BCUT2D eigenvalue weighted by Gasteiger charge is 2.02. The summed E-state index contributed by atoms with van der Waals surface area (Å²) in [5.74, 6) is 1.72. The lowest BCUT2D eigenvalue weighted by molar-refractivity contribution is 0.0956. The summed E-state index contributed by atoms with van der Waals surface area (Å²) in [7, 11) is 3.46. The van der Waals surface area contributed by atoms with E-state index in [2.05, 4.69) is 21.1 Å². The predicted molar refractivity (Wildman–Crippen MR) is 108 cm³/mol. The second-order valence-corrected chi connectivity index (χ2v) is 7.91. The summed E-state index contributed by atoms with van der Waals surface area (Å²) < 4.78 is 0. The first kappa shape index (κ1) is 19.3. The monoisotopic (exact) mass is 374 g/mol. The number of rotatable bonds is 10. The Morgan fingerprint density at radius 3 is 2.48 bits per heavy atom. The molecule has 0 aliphatic heterocycles. The fourth-order valence-electron chi connectivity index (χ4n) is 1.86. The highest BCUT2D eigenvalue weighted by atomic mass is 33.1. The summed E-state index contributed by atoms with van der Waals surface area (Å²) in [6.07, 6.45) is 0. The smallest absolute Gasteiger partial charge is 0.251 e. The third-order valence-electron chi connectivity index (χ3n) is 3.17. The van der Waals surface area contributed by atoms with Gasteiger partial charge in [-0.1, -0.05) is 62.7 Å². The van der Waals surface area contributed by atoms with Crippen LogP contribution in [0.1, 0.15) is 15.9 Å². The molecule has 2 rings (SSSR count). The van der Waals surface area contributed by atoms with Crippen LogP contribution in [0.2, 0.25) is 0 Å². The Morgan fingerprint density at radius 2 is 1.72 bits per heavy atom. The van der Waals surface area contributed by atoms with Gasteiger partial charge in [-0.15, -0.1) is 0 Å². The molecule has 2 N–H and O–H groups in total. The molecule has 1 amide bonds. The van der Waals surface area contributed by atoms with Crippen LogP contribution in [-0.2, 0) is 0 Å². The van der Waals surface area contributed by atoms with Crippen molar-refractivity contribution < 1.29 is 4.79 Å². The lowest BCUT2D eigenvalue weighted by Gasteiger charge is -2.04. The first-order chi connectivity index (χ1) is 12.3. The zero-order valence-corrected chi connectivity index (χ0v) is 15.8. The molecule has 0 fully saturated rings. The Bertz CT molecular complexity index is 663. The highest BCUT2D eigenvalue weighted by Crippen LogP contribution is 2.19. The van der Waals surface area contributed by atoms with Gasteiger partial charge in [-0.3, -0.25) is 10.2 Å². The summed E-state index contributed by atoms with van der Waals surface area (Å²) in [5.41, 5.74) is 5.76. The van der Waals surface area contributed by atoms with Gasteiger partial charge in [0.15, 0.2) is 0 Å². The SMILES string of the molecule is Cc1ccc(NN=NCCSSCCNC(=O)c2ccccc2)cc1. The number of anilines is 1. The van der Waals surface area contributed by atoms with Gasteiger partial charge in [0.2, 0.25) is 0 Å². The van der Waals surface area contributed by atoms with Crippen molar-refractivity contribution in [1.29, 1.82) is 0 Å². The Labute approximate surface area is 156 Å². The molecule has 0 unspecified atom stereocenters. The van der Waals surface area contributed by atoms with Crippen LogP contribution < -0.4 is 10.7 Å². The van der Waals surface area contributed by atoms with Crippen molar-refractivity contribution in [2.45, 2.75) is 6.92 Å². The molecule has 0 aromatic heterocycles. The van der Waals surface area contributed by atoms with E-state index in [9.17, 15) is 4.79 Å². The van der Waals surface area contributed by atoms with Gasteiger partial charge >= 0.3 is 0 Å². The van der Waals surface area contributed by atoms with Gasteiger partial charge in [-0.05, 0) is 31.2 Å². The Morgan fingerprint density at radius 1 is 1.00 bits per heavy atom. The van der Waals surface area contributed by atoms with Crippen molar-refractivity contribution >= 4 is 33.2 Å². The number of nitrogens with one attached hydrogen (secondary N) is 2. The second kappa shape index (κ2) is 11.5. The van der Waals surface area contributed by atoms with E-state index in [0.29, 0.717) is 18.7 Å². The summed E-state index contributed by atoms with van der Waals surface area (Å²) in [4.78, 5) is 11.8. The van der Waals surface area contributed by atoms with E-state index in [1.807, 2.05) is 61.5 Å². The van der Waals surface area contributed by atoms with Gasteiger partial charge in [0.1, 0.15) is 0 Å². The average molecular weight is 375 g/mol. The fraction of sp³-hybridized carbons (Fsp3) is 0.278. The lowest BCUT2D eigenvalue weighted by atomic mass is 10.2. The molecule has 0 saturated heterocycles. The minimum absolute atomic E-state index is 0.0258. The maximum Gasteiger partial charge on any atom is 0.251 e. The van der Waals surface area contributed by atoms with Crippen LogP contribution in [-0.4, -0.2) is 30.5 Å². The Hall–Kier alpha value is -1.99. The number of benzene rings is 2. The number of carbonyl (C=O) groups is 1. The molecule has 0 radical (unpaired) electrons. The molecule has 7 heteroatoms. The third kappa shape index (κ3) is 8.09. The maximum absolute atomic E-state index is 11.8.